The molecule has 0 bridgehead atoms. The summed E-state index contributed by atoms with van der Waals surface area (Å²) < 4.78 is 8.63. The summed E-state index contributed by atoms with van der Waals surface area (Å²) in [5.41, 5.74) is 2.79. The van der Waals surface area contributed by atoms with E-state index < -0.39 is 13.9 Å². The molecule has 3 aliphatic heterocycles. The van der Waals surface area contributed by atoms with E-state index in [0.717, 1.165) is 34.6 Å². The lowest BCUT2D eigenvalue weighted by Gasteiger charge is -2.32. The van der Waals surface area contributed by atoms with Gasteiger partial charge in [0.15, 0.2) is 13.9 Å². The van der Waals surface area contributed by atoms with Gasteiger partial charge in [0, 0.05) is 61.4 Å². The minimum absolute atomic E-state index is 0.00946. The zero-order valence-corrected chi connectivity index (χ0v) is 25.4. The molecule has 0 radical (unpaired) electrons. The minimum atomic E-state index is -2.78. The number of rotatable bonds is 9. The minimum Gasteiger partial charge on any atom is -0.432 e. The molecule has 2 N–H and O–H groups in total. The van der Waals surface area contributed by atoms with E-state index in [4.69, 9.17) is 4.74 Å². The molecule has 1 aromatic heterocycles. The van der Waals surface area contributed by atoms with Crippen LogP contribution in [0.3, 0.4) is 0 Å². The number of carbonyl (C=O) groups excluding carboxylic acids is 2. The Balaban J connectivity index is 1.30. The molecule has 2 aromatic carbocycles. The molecule has 3 aliphatic rings. The molecule has 0 unspecified atom stereocenters. The van der Waals surface area contributed by atoms with Gasteiger partial charge in [-0.3, -0.25) is 14.3 Å². The van der Waals surface area contributed by atoms with Gasteiger partial charge in [0.2, 0.25) is 5.91 Å². The number of anilines is 2. The van der Waals surface area contributed by atoms with Gasteiger partial charge in [0.1, 0.15) is 0 Å². The number of aliphatic hydroxyl groups excluding tert-OH is 1. The van der Waals surface area contributed by atoms with Crippen LogP contribution in [-0.4, -0.2) is 64.3 Å². The predicted molar refractivity (Wildman–Crippen MR) is 160 cm³/mol. The molecule has 4 atom stereocenters. The highest BCUT2D eigenvalue weighted by Crippen LogP contribution is 2.59. The molecule has 3 aromatic rings. The molecule has 6 rings (SSSR count). The second-order valence-corrected chi connectivity index (χ2v) is 16.3. The predicted octanol–water partition coefficient (Wildman–Crippen LogP) is 3.37. The van der Waals surface area contributed by atoms with Crippen LogP contribution < -0.4 is 9.80 Å². The number of benzene rings is 2. The van der Waals surface area contributed by atoms with E-state index in [1.54, 1.807) is 9.58 Å². The van der Waals surface area contributed by atoms with Gasteiger partial charge in [-0.05, 0) is 49.7 Å². The molecule has 11 heteroatoms. The monoisotopic (exact) mass is 589 g/mol. The van der Waals surface area contributed by atoms with Gasteiger partial charge in [-0.1, -0.05) is 42.5 Å². The summed E-state index contributed by atoms with van der Waals surface area (Å²) in [6, 6.07) is 15.7. The maximum atomic E-state index is 14.6. The van der Waals surface area contributed by atoms with Crippen molar-refractivity contribution in [3.05, 3.63) is 71.5 Å². The van der Waals surface area contributed by atoms with Crippen LogP contribution in [0.15, 0.2) is 54.7 Å². The first-order valence-corrected chi connectivity index (χ1v) is 17.9. The lowest BCUT2D eigenvalue weighted by Crippen LogP contribution is -2.46. The van der Waals surface area contributed by atoms with Crippen molar-refractivity contribution in [2.24, 2.45) is 5.92 Å². The second kappa shape index (κ2) is 11.0. The van der Waals surface area contributed by atoms with Crippen molar-refractivity contribution in [1.29, 1.82) is 0 Å². The van der Waals surface area contributed by atoms with Crippen molar-refractivity contribution in [3.8, 4) is 0 Å². The van der Waals surface area contributed by atoms with Crippen LogP contribution in [0.4, 0.5) is 11.4 Å². The first-order chi connectivity index (χ1) is 20.1. The molecule has 0 aliphatic carbocycles. The first-order valence-electron chi connectivity index (χ1n) is 14.8. The largest absolute Gasteiger partial charge is 0.432 e. The van der Waals surface area contributed by atoms with E-state index in [1.165, 1.54) is 0 Å². The Kier molecular flexibility index (Phi) is 7.54. The van der Waals surface area contributed by atoms with E-state index in [0.29, 0.717) is 38.9 Å². The maximum absolute atomic E-state index is 14.6. The summed E-state index contributed by atoms with van der Waals surface area (Å²) in [6.45, 7) is 7.49. The molecule has 4 heterocycles. The fourth-order valence-corrected chi connectivity index (χ4v) is 9.92. The van der Waals surface area contributed by atoms with Crippen LogP contribution in [-0.2, 0) is 39.4 Å². The summed E-state index contributed by atoms with van der Waals surface area (Å²) in [5, 5.41) is 17.5. The molecule has 0 saturated carbocycles. The van der Waals surface area contributed by atoms with Crippen LogP contribution in [0.25, 0.3) is 0 Å². The molecule has 10 nitrogen and oxygen atoms in total. The Morgan fingerprint density at radius 2 is 1.95 bits per heavy atom. The van der Waals surface area contributed by atoms with Gasteiger partial charge in [-0.25, -0.2) is 0 Å². The van der Waals surface area contributed by atoms with Gasteiger partial charge in [0.25, 0.3) is 5.91 Å². The number of hydrogen-bond donors (Lipinski definition) is 2. The summed E-state index contributed by atoms with van der Waals surface area (Å²) in [6.07, 6.45) is 3.90. The molecule has 2 fully saturated rings. The average Bonchev–Trinajstić information content (AvgIpc) is 3.71. The van der Waals surface area contributed by atoms with Gasteiger partial charge in [0.05, 0.1) is 24.0 Å². The van der Waals surface area contributed by atoms with E-state index in [2.05, 4.69) is 10.3 Å². The fraction of sp³-hybridized carbons (Fsp3) is 0.484. The van der Waals surface area contributed by atoms with E-state index in [-0.39, 0.29) is 36.0 Å². The number of amides is 2. The third-order valence-corrected chi connectivity index (χ3v) is 11.6. The Morgan fingerprint density at radius 1 is 1.14 bits per heavy atom. The van der Waals surface area contributed by atoms with Crippen LogP contribution in [0.2, 0.25) is 18.6 Å². The second-order valence-electron chi connectivity index (χ2n) is 12.3. The summed E-state index contributed by atoms with van der Waals surface area (Å²) in [4.78, 5) is 42.1. The quantitative estimate of drug-likeness (QED) is 0.367. The lowest BCUT2D eigenvalue weighted by molar-refractivity contribution is -0.146. The highest BCUT2D eigenvalue weighted by molar-refractivity contribution is 6.71. The number of para-hydroxylation sites is 1. The number of carbonyl (C=O) groups is 2. The standard InChI is InChI=1S/C31H39N5O5Si/c1-21-29(42(2,3)40)27(13-16-34-20-23(14-17-37)32-33-34)41-31(21)25-10-4-5-11-26(25)36(30(31)39)19-22-8-6-9-24(18-22)35-15-7-12-28(35)38/h4-6,8-11,18,20-21,27,29,37,40H,7,12-17,19H2,1-3H3/t21-,27+,29-,31+/m0/s1. The molecular formula is C31H39N5O5Si. The van der Waals surface area contributed by atoms with Gasteiger partial charge in [-0.2, -0.15) is 0 Å². The Hall–Kier alpha value is -3.38. The normalized spacial score (nSPS) is 25.7. The smallest absolute Gasteiger partial charge is 0.264 e. The number of hydrogen-bond acceptors (Lipinski definition) is 7. The van der Waals surface area contributed by atoms with Crippen LogP contribution in [0.1, 0.15) is 43.0 Å². The van der Waals surface area contributed by atoms with Gasteiger partial charge < -0.3 is 24.4 Å². The molecule has 222 valence electrons. The molecule has 1 spiro atoms. The number of aryl methyl sites for hydroxylation is 1. The zero-order valence-electron chi connectivity index (χ0n) is 24.4. The van der Waals surface area contributed by atoms with Crippen LogP contribution >= 0.6 is 0 Å². The van der Waals surface area contributed by atoms with Crippen molar-refractivity contribution < 1.29 is 24.2 Å². The summed E-state index contributed by atoms with van der Waals surface area (Å²) in [5.74, 6) is -0.233. The maximum Gasteiger partial charge on any atom is 0.264 e. The Morgan fingerprint density at radius 3 is 2.69 bits per heavy atom. The Labute approximate surface area is 247 Å². The number of nitrogens with zero attached hydrogens (tertiary/aromatic N) is 5. The summed E-state index contributed by atoms with van der Waals surface area (Å²) in [7, 11) is -2.78. The third-order valence-electron chi connectivity index (χ3n) is 9.12. The molecule has 42 heavy (non-hydrogen) atoms. The highest BCUT2D eigenvalue weighted by Gasteiger charge is 2.66. The van der Waals surface area contributed by atoms with Gasteiger partial charge in [-0.15, -0.1) is 5.10 Å². The lowest BCUT2D eigenvalue weighted by atomic mass is 9.82. The average molecular weight is 590 g/mol. The van der Waals surface area contributed by atoms with Crippen molar-refractivity contribution >= 4 is 31.5 Å². The number of ether oxygens (including phenoxy) is 1. The SMILES string of the molecule is C[C@H]1[C@H]([Si](C)(C)O)[C@@H](CCn2cc(CCO)nn2)O[C@]12C(=O)N(Cc1cccc(N3CCCC3=O)c1)c1ccccc12. The summed E-state index contributed by atoms with van der Waals surface area (Å²) >= 11 is 0. The van der Waals surface area contributed by atoms with Gasteiger partial charge >= 0.3 is 0 Å². The van der Waals surface area contributed by atoms with Crippen molar-refractivity contribution in [2.45, 2.75) is 76.0 Å². The van der Waals surface area contributed by atoms with Crippen molar-refractivity contribution in [3.63, 3.8) is 0 Å². The van der Waals surface area contributed by atoms with Crippen molar-refractivity contribution in [2.75, 3.05) is 23.0 Å². The molecule has 2 saturated heterocycles. The van der Waals surface area contributed by atoms with E-state index in [1.807, 2.05) is 79.6 Å². The number of aromatic nitrogens is 3. The fourth-order valence-electron chi connectivity index (χ4n) is 7.32. The molecule has 2 amide bonds. The van der Waals surface area contributed by atoms with E-state index in [9.17, 15) is 19.5 Å². The van der Waals surface area contributed by atoms with Crippen molar-refractivity contribution in [1.82, 2.24) is 15.0 Å². The number of aliphatic hydroxyl groups is 1. The van der Waals surface area contributed by atoms with Crippen LogP contribution in [0, 0.1) is 5.92 Å². The topological polar surface area (TPSA) is 121 Å². The van der Waals surface area contributed by atoms with E-state index >= 15 is 0 Å². The number of fused-ring (bicyclic) bond motifs is 2. The molecular weight excluding hydrogens is 550 g/mol. The first kappa shape index (κ1) is 28.7. The highest BCUT2D eigenvalue weighted by atomic mass is 28.4. The zero-order chi connectivity index (χ0) is 29.6. The van der Waals surface area contributed by atoms with Crippen LogP contribution in [0.5, 0.6) is 0 Å². The Bertz CT molecular complexity index is 1490. The third kappa shape index (κ3) is 4.87.